The highest BCUT2D eigenvalue weighted by molar-refractivity contribution is 6.04. The van der Waals surface area contributed by atoms with E-state index in [9.17, 15) is 10.2 Å². The lowest BCUT2D eigenvalue weighted by atomic mass is 10.1. The summed E-state index contributed by atoms with van der Waals surface area (Å²) in [7, 11) is 0. The van der Waals surface area contributed by atoms with Crippen LogP contribution < -0.4 is 0 Å². The van der Waals surface area contributed by atoms with Crippen LogP contribution in [0.2, 0.25) is 0 Å². The van der Waals surface area contributed by atoms with Gasteiger partial charge < -0.3 is 10.2 Å². The number of rotatable bonds is 4. The number of phenols is 2. The van der Waals surface area contributed by atoms with Crippen LogP contribution in [0.25, 0.3) is 6.08 Å². The van der Waals surface area contributed by atoms with Crippen LogP contribution in [0.3, 0.4) is 0 Å². The third kappa shape index (κ3) is 3.06. The second-order valence-corrected chi connectivity index (χ2v) is 4.41. The number of nitrogens with zero attached hydrogens (tertiary/aromatic N) is 1. The molecule has 0 aromatic heterocycles. The van der Waals surface area contributed by atoms with Crippen molar-refractivity contribution in [2.24, 2.45) is 4.99 Å². The van der Waals surface area contributed by atoms with E-state index in [4.69, 9.17) is 0 Å². The van der Waals surface area contributed by atoms with E-state index in [-0.39, 0.29) is 11.5 Å². The minimum atomic E-state index is 0.0355. The molecule has 0 aliphatic heterocycles. The van der Waals surface area contributed by atoms with Crippen LogP contribution in [0, 0.1) is 0 Å². The van der Waals surface area contributed by atoms with Crippen LogP contribution in [0.15, 0.2) is 54.0 Å². The first-order valence-corrected chi connectivity index (χ1v) is 6.46. The van der Waals surface area contributed by atoms with Gasteiger partial charge in [-0.1, -0.05) is 31.7 Å². The summed E-state index contributed by atoms with van der Waals surface area (Å²) in [6.07, 6.45) is 2.46. The van der Waals surface area contributed by atoms with E-state index < -0.39 is 0 Å². The van der Waals surface area contributed by atoms with Crippen LogP contribution >= 0.6 is 0 Å². The Balaban J connectivity index is 2.39. The van der Waals surface area contributed by atoms with Crippen molar-refractivity contribution in [2.45, 2.75) is 13.3 Å². The summed E-state index contributed by atoms with van der Waals surface area (Å²) in [5, 5.41) is 19.2. The van der Waals surface area contributed by atoms with Crippen molar-refractivity contribution < 1.29 is 10.2 Å². The van der Waals surface area contributed by atoms with Gasteiger partial charge in [-0.25, -0.2) is 0 Å². The van der Waals surface area contributed by atoms with Crippen LogP contribution in [0.5, 0.6) is 11.5 Å². The van der Waals surface area contributed by atoms with Gasteiger partial charge >= 0.3 is 0 Å². The van der Waals surface area contributed by atoms with Gasteiger partial charge in [0.05, 0.1) is 11.4 Å². The summed E-state index contributed by atoms with van der Waals surface area (Å²) in [6.45, 7) is 5.69. The Hall–Kier alpha value is -2.55. The highest BCUT2D eigenvalue weighted by Gasteiger charge is 2.08. The van der Waals surface area contributed by atoms with Gasteiger partial charge in [-0.05, 0) is 36.2 Å². The summed E-state index contributed by atoms with van der Waals surface area (Å²) in [5.74, 6) is 0.0744. The van der Waals surface area contributed by atoms with Gasteiger partial charge in [0.2, 0.25) is 0 Å². The van der Waals surface area contributed by atoms with Gasteiger partial charge in [-0.2, -0.15) is 0 Å². The molecule has 0 saturated heterocycles. The minimum absolute atomic E-state index is 0.0355. The molecule has 102 valence electrons. The lowest BCUT2D eigenvalue weighted by Gasteiger charge is -2.07. The summed E-state index contributed by atoms with van der Waals surface area (Å²) >= 11 is 0. The molecule has 0 spiro atoms. The Morgan fingerprint density at radius 2 is 1.85 bits per heavy atom. The van der Waals surface area contributed by atoms with Gasteiger partial charge in [-0.15, -0.1) is 0 Å². The van der Waals surface area contributed by atoms with Crippen molar-refractivity contribution in [1.82, 2.24) is 0 Å². The largest absolute Gasteiger partial charge is 0.508 e. The van der Waals surface area contributed by atoms with Gasteiger partial charge in [-0.3, -0.25) is 4.99 Å². The van der Waals surface area contributed by atoms with Gasteiger partial charge in [0.25, 0.3) is 0 Å². The second kappa shape index (κ2) is 6.06. The maximum absolute atomic E-state index is 9.90. The lowest BCUT2D eigenvalue weighted by Crippen LogP contribution is -1.98. The number of hydrogen-bond acceptors (Lipinski definition) is 3. The molecular weight excluding hydrogens is 250 g/mol. The molecule has 0 heterocycles. The standard InChI is InChI=1S/C17H17NO2/c1-3-12-5-7-13(8-6-12)18-16(4-2)15-10-9-14(19)11-17(15)20/h3,5-11,19-20H,1,4H2,2H3. The van der Waals surface area contributed by atoms with E-state index in [1.54, 1.807) is 18.2 Å². The minimum Gasteiger partial charge on any atom is -0.508 e. The summed E-state index contributed by atoms with van der Waals surface area (Å²) < 4.78 is 0. The van der Waals surface area contributed by atoms with E-state index in [0.717, 1.165) is 17.0 Å². The SMILES string of the molecule is C=Cc1ccc(N=C(CC)c2ccc(O)cc2O)cc1. The van der Waals surface area contributed by atoms with Gasteiger partial charge in [0.1, 0.15) is 11.5 Å². The first-order valence-electron chi connectivity index (χ1n) is 6.46. The van der Waals surface area contributed by atoms with Gasteiger partial charge in [0.15, 0.2) is 0 Å². The molecule has 2 rings (SSSR count). The van der Waals surface area contributed by atoms with E-state index in [0.29, 0.717) is 12.0 Å². The van der Waals surface area contributed by atoms with Crippen molar-refractivity contribution in [3.63, 3.8) is 0 Å². The van der Waals surface area contributed by atoms with E-state index in [1.165, 1.54) is 6.07 Å². The number of benzene rings is 2. The molecule has 0 fully saturated rings. The van der Waals surface area contributed by atoms with Crippen LogP contribution in [-0.4, -0.2) is 15.9 Å². The normalized spacial score (nSPS) is 11.3. The fourth-order valence-electron chi connectivity index (χ4n) is 1.93. The summed E-state index contributed by atoms with van der Waals surface area (Å²) in [6, 6.07) is 12.2. The number of aromatic hydroxyl groups is 2. The Morgan fingerprint density at radius 3 is 2.40 bits per heavy atom. The number of hydrogen-bond donors (Lipinski definition) is 2. The molecular formula is C17H17NO2. The molecule has 0 aliphatic carbocycles. The van der Waals surface area contributed by atoms with Crippen molar-refractivity contribution in [3.05, 3.63) is 60.2 Å². The molecule has 0 bridgehead atoms. The first-order chi connectivity index (χ1) is 9.63. The van der Waals surface area contributed by atoms with Gasteiger partial charge in [0, 0.05) is 11.6 Å². The third-order valence-corrected chi connectivity index (χ3v) is 3.02. The van der Waals surface area contributed by atoms with Crippen LogP contribution in [-0.2, 0) is 0 Å². The zero-order chi connectivity index (χ0) is 14.5. The Morgan fingerprint density at radius 1 is 1.15 bits per heavy atom. The number of phenolic OH excluding ortho intramolecular Hbond substituents is 2. The first kappa shape index (κ1) is 13.9. The predicted octanol–water partition coefficient (Wildman–Crippen LogP) is 4.27. The Bertz CT molecular complexity index is 643. The fraction of sp³-hybridized carbons (Fsp3) is 0.118. The van der Waals surface area contributed by atoms with Crippen LogP contribution in [0.1, 0.15) is 24.5 Å². The molecule has 0 aliphatic rings. The summed E-state index contributed by atoms with van der Waals surface area (Å²) in [5.41, 5.74) is 3.27. The van der Waals surface area contributed by atoms with E-state index >= 15 is 0 Å². The van der Waals surface area contributed by atoms with Crippen molar-refractivity contribution in [2.75, 3.05) is 0 Å². The molecule has 0 saturated carbocycles. The zero-order valence-corrected chi connectivity index (χ0v) is 11.4. The highest BCUT2D eigenvalue weighted by atomic mass is 16.3. The average molecular weight is 267 g/mol. The smallest absolute Gasteiger partial charge is 0.128 e. The second-order valence-electron chi connectivity index (χ2n) is 4.41. The fourth-order valence-corrected chi connectivity index (χ4v) is 1.93. The molecule has 0 atom stereocenters. The number of aliphatic imine (C=N–C) groups is 1. The van der Waals surface area contributed by atoms with E-state index in [2.05, 4.69) is 11.6 Å². The van der Waals surface area contributed by atoms with Crippen molar-refractivity contribution in [1.29, 1.82) is 0 Å². The quantitative estimate of drug-likeness (QED) is 0.813. The van der Waals surface area contributed by atoms with Crippen LogP contribution in [0.4, 0.5) is 5.69 Å². The molecule has 0 amide bonds. The lowest BCUT2D eigenvalue weighted by molar-refractivity contribution is 0.450. The molecule has 0 unspecified atom stereocenters. The Kier molecular flexibility index (Phi) is 4.20. The maximum atomic E-state index is 9.90. The molecule has 3 heteroatoms. The summed E-state index contributed by atoms with van der Waals surface area (Å²) in [4.78, 5) is 4.55. The third-order valence-electron chi connectivity index (χ3n) is 3.02. The molecule has 0 radical (unpaired) electrons. The molecule has 2 N–H and O–H groups in total. The molecule has 2 aromatic rings. The topological polar surface area (TPSA) is 52.8 Å². The molecule has 2 aromatic carbocycles. The molecule has 20 heavy (non-hydrogen) atoms. The highest BCUT2D eigenvalue weighted by Crippen LogP contribution is 2.26. The Labute approximate surface area is 118 Å². The zero-order valence-electron chi connectivity index (χ0n) is 11.4. The van der Waals surface area contributed by atoms with Crippen molar-refractivity contribution in [3.8, 4) is 11.5 Å². The monoisotopic (exact) mass is 267 g/mol. The molecule has 3 nitrogen and oxygen atoms in total. The average Bonchev–Trinajstić information content (AvgIpc) is 2.46. The van der Waals surface area contributed by atoms with Crippen molar-refractivity contribution >= 4 is 17.5 Å². The maximum Gasteiger partial charge on any atom is 0.128 e. The van der Waals surface area contributed by atoms with E-state index in [1.807, 2.05) is 31.2 Å². The predicted molar refractivity (Wildman–Crippen MR) is 82.8 cm³/mol.